The van der Waals surface area contributed by atoms with Gasteiger partial charge in [-0.3, -0.25) is 4.98 Å². The van der Waals surface area contributed by atoms with E-state index in [4.69, 9.17) is 11.6 Å². The van der Waals surface area contributed by atoms with Gasteiger partial charge in [0.05, 0.1) is 10.4 Å². The van der Waals surface area contributed by atoms with Crippen LogP contribution in [0.25, 0.3) is 44.5 Å². The molecule has 71 heavy (non-hydrogen) atoms. The minimum absolute atomic E-state index is 0.430. The number of hydrogen-bond acceptors (Lipinski definition) is 3. The van der Waals surface area contributed by atoms with Crippen LogP contribution in [0.15, 0.2) is 273 Å². The maximum Gasteiger partial charge on any atom is 0.0708 e. The fraction of sp³-hybridized carbons (Fsp3) is 0.0299. The first-order chi connectivity index (χ1) is 35.0. The van der Waals surface area contributed by atoms with Crippen molar-refractivity contribution in [1.82, 2.24) is 4.98 Å². The first-order valence-electron chi connectivity index (χ1n) is 24.1. The summed E-state index contributed by atoms with van der Waals surface area (Å²) in [6.07, 6.45) is 3.72. The molecule has 4 heteroatoms. The summed E-state index contributed by atoms with van der Waals surface area (Å²) in [5.41, 5.74) is 21.2. The van der Waals surface area contributed by atoms with Gasteiger partial charge in [0.25, 0.3) is 0 Å². The summed E-state index contributed by atoms with van der Waals surface area (Å²) in [5, 5.41) is 0.707. The van der Waals surface area contributed by atoms with Crippen molar-refractivity contribution < 1.29 is 0 Å². The standard InChI is InChI=1S/C67H48ClN3/c1-47-14-11-12-22-62(47)63-41-39-61(45-66(63)68)71(58-33-25-51(26-34-58)49-17-7-3-8-18-49)60-40-42-64-65(44-60)67(64,54-20-9-4-10-21-54)55-29-37-59(38-30-55)70(56-31-23-50(24-32-56)48-15-5-2-6-16-48)57-35-27-52(28-36-57)53-19-13-43-69-46-53/h2-46H,1H3. The number of anilines is 6. The molecule has 0 bridgehead atoms. The molecule has 0 fully saturated rings. The summed E-state index contributed by atoms with van der Waals surface area (Å²) in [4.78, 5) is 9.05. The van der Waals surface area contributed by atoms with Crippen LogP contribution in [-0.2, 0) is 5.41 Å². The first-order valence-corrected chi connectivity index (χ1v) is 24.5. The van der Waals surface area contributed by atoms with E-state index >= 15 is 0 Å². The molecule has 0 spiro atoms. The quantitative estimate of drug-likeness (QED) is 0.122. The Labute approximate surface area is 421 Å². The zero-order valence-electron chi connectivity index (χ0n) is 39.2. The van der Waals surface area contributed by atoms with Crippen molar-refractivity contribution in [2.24, 2.45) is 0 Å². The highest BCUT2D eigenvalue weighted by molar-refractivity contribution is 6.33. The molecule has 12 rings (SSSR count). The Bertz CT molecular complexity index is 3540. The van der Waals surface area contributed by atoms with E-state index < -0.39 is 5.41 Å². The van der Waals surface area contributed by atoms with Gasteiger partial charge in [-0.2, -0.15) is 0 Å². The van der Waals surface area contributed by atoms with E-state index in [-0.39, 0.29) is 0 Å². The van der Waals surface area contributed by atoms with Crippen LogP contribution in [0.4, 0.5) is 34.1 Å². The summed E-state index contributed by atoms with van der Waals surface area (Å²) in [5.74, 6) is 0. The predicted octanol–water partition coefficient (Wildman–Crippen LogP) is 18.3. The summed E-state index contributed by atoms with van der Waals surface area (Å²) in [7, 11) is 0. The average molecular weight is 931 g/mol. The first kappa shape index (κ1) is 43.5. The van der Waals surface area contributed by atoms with E-state index in [2.05, 4.69) is 276 Å². The third-order valence-corrected chi connectivity index (χ3v) is 14.3. The molecule has 0 N–H and O–H groups in total. The van der Waals surface area contributed by atoms with E-state index in [0.717, 1.165) is 56.4 Å². The zero-order chi connectivity index (χ0) is 47.7. The van der Waals surface area contributed by atoms with E-state index in [1.54, 1.807) is 0 Å². The fourth-order valence-electron chi connectivity index (χ4n) is 10.4. The number of fused-ring (bicyclic) bond motifs is 1. The van der Waals surface area contributed by atoms with Gasteiger partial charge < -0.3 is 9.80 Å². The lowest BCUT2D eigenvalue weighted by Gasteiger charge is -2.27. The Kier molecular flexibility index (Phi) is 11.4. The highest BCUT2D eigenvalue weighted by Crippen LogP contribution is 2.61. The number of aromatic nitrogens is 1. The number of rotatable bonds is 12. The molecule has 1 unspecified atom stereocenters. The number of pyridine rings is 1. The number of halogens is 1. The molecule has 338 valence electrons. The lowest BCUT2D eigenvalue weighted by molar-refractivity contribution is 0.913. The summed E-state index contributed by atoms with van der Waals surface area (Å²) >= 11 is 7.25. The molecule has 10 aromatic carbocycles. The van der Waals surface area contributed by atoms with Gasteiger partial charge in [0.15, 0.2) is 0 Å². The highest BCUT2D eigenvalue weighted by atomic mass is 35.5. The van der Waals surface area contributed by atoms with Crippen LogP contribution in [0, 0.1) is 6.92 Å². The van der Waals surface area contributed by atoms with Gasteiger partial charge >= 0.3 is 0 Å². The SMILES string of the molecule is Cc1ccccc1-c1ccc(N(c2ccc(-c3ccccc3)cc2)c2ccc3c(c2)C3(c2ccccc2)c2ccc(N(c3ccc(-c4ccccc4)cc3)c3ccc(-c4cccnc4)cc3)cc2)cc1Cl. The van der Waals surface area contributed by atoms with Gasteiger partial charge in [-0.25, -0.2) is 0 Å². The summed E-state index contributed by atoms with van der Waals surface area (Å²) in [6.45, 7) is 2.13. The van der Waals surface area contributed by atoms with Crippen LogP contribution in [0.5, 0.6) is 0 Å². The molecule has 1 aliphatic carbocycles. The van der Waals surface area contributed by atoms with Crippen molar-refractivity contribution in [2.45, 2.75) is 12.3 Å². The van der Waals surface area contributed by atoms with E-state index in [1.165, 1.54) is 50.1 Å². The maximum atomic E-state index is 7.25. The third kappa shape index (κ3) is 8.16. The van der Waals surface area contributed by atoms with Crippen molar-refractivity contribution in [3.8, 4) is 44.5 Å². The Morgan fingerprint density at radius 3 is 1.30 bits per heavy atom. The lowest BCUT2D eigenvalue weighted by Crippen LogP contribution is -2.14. The average Bonchev–Trinajstić information content (AvgIpc) is 4.12. The van der Waals surface area contributed by atoms with Crippen molar-refractivity contribution in [3.05, 3.63) is 306 Å². The number of nitrogens with zero attached hydrogens (tertiary/aromatic N) is 3. The number of aryl methyl sites for hydroxylation is 1. The van der Waals surface area contributed by atoms with Crippen LogP contribution >= 0.6 is 11.6 Å². The summed E-state index contributed by atoms with van der Waals surface area (Å²) in [6, 6.07) is 93.6. The molecule has 0 amide bonds. The molecule has 11 aromatic rings. The minimum atomic E-state index is -0.430. The van der Waals surface area contributed by atoms with E-state index in [9.17, 15) is 0 Å². The second-order valence-corrected chi connectivity index (χ2v) is 18.6. The maximum absolute atomic E-state index is 7.25. The highest BCUT2D eigenvalue weighted by Gasteiger charge is 2.53. The monoisotopic (exact) mass is 929 g/mol. The Morgan fingerprint density at radius 2 is 0.761 bits per heavy atom. The molecule has 0 radical (unpaired) electrons. The molecule has 0 saturated carbocycles. The third-order valence-electron chi connectivity index (χ3n) is 14.0. The zero-order valence-corrected chi connectivity index (χ0v) is 40.0. The minimum Gasteiger partial charge on any atom is -0.311 e. The lowest BCUT2D eigenvalue weighted by atomic mass is 9.84. The summed E-state index contributed by atoms with van der Waals surface area (Å²) < 4.78 is 0. The van der Waals surface area contributed by atoms with E-state index in [1.807, 2.05) is 18.5 Å². The number of hydrogen-bond donors (Lipinski definition) is 0. The molecule has 3 nitrogen and oxygen atoms in total. The molecule has 0 saturated heterocycles. The van der Waals surface area contributed by atoms with Crippen LogP contribution < -0.4 is 9.80 Å². The van der Waals surface area contributed by atoms with Gasteiger partial charge in [0, 0.05) is 52.1 Å². The van der Waals surface area contributed by atoms with Crippen molar-refractivity contribution in [2.75, 3.05) is 9.80 Å². The molecular weight excluding hydrogens is 882 g/mol. The van der Waals surface area contributed by atoms with Crippen LogP contribution in [0.1, 0.15) is 27.8 Å². The van der Waals surface area contributed by atoms with Crippen molar-refractivity contribution in [3.63, 3.8) is 0 Å². The van der Waals surface area contributed by atoms with Crippen LogP contribution in [-0.4, -0.2) is 4.98 Å². The van der Waals surface area contributed by atoms with Gasteiger partial charge in [-0.1, -0.05) is 194 Å². The van der Waals surface area contributed by atoms with Gasteiger partial charge in [0.2, 0.25) is 0 Å². The van der Waals surface area contributed by atoms with Crippen molar-refractivity contribution >= 4 is 45.7 Å². The largest absolute Gasteiger partial charge is 0.311 e. The molecule has 1 atom stereocenters. The molecule has 0 aliphatic heterocycles. The topological polar surface area (TPSA) is 19.4 Å². The number of benzene rings is 10. The molecular formula is C67H48ClN3. The molecule has 1 aliphatic rings. The fourth-order valence-corrected chi connectivity index (χ4v) is 10.7. The second-order valence-electron chi connectivity index (χ2n) is 18.2. The Morgan fingerprint density at radius 1 is 0.338 bits per heavy atom. The molecule has 1 aromatic heterocycles. The second kappa shape index (κ2) is 18.6. The smallest absolute Gasteiger partial charge is 0.0708 e. The van der Waals surface area contributed by atoms with Gasteiger partial charge in [-0.05, 0) is 153 Å². The van der Waals surface area contributed by atoms with Crippen LogP contribution in [0.3, 0.4) is 0 Å². The van der Waals surface area contributed by atoms with Crippen molar-refractivity contribution in [1.29, 1.82) is 0 Å². The van der Waals surface area contributed by atoms with Crippen LogP contribution in [0.2, 0.25) is 5.02 Å². The Balaban J connectivity index is 0.941. The molecule has 1 heterocycles. The van der Waals surface area contributed by atoms with Gasteiger partial charge in [0.1, 0.15) is 0 Å². The normalized spacial score (nSPS) is 13.5. The van der Waals surface area contributed by atoms with Gasteiger partial charge in [-0.15, -0.1) is 0 Å². The van der Waals surface area contributed by atoms with E-state index in [0.29, 0.717) is 5.02 Å². The Hall–Kier alpha value is -8.76. The predicted molar refractivity (Wildman–Crippen MR) is 297 cm³/mol.